The van der Waals surface area contributed by atoms with Crippen molar-refractivity contribution in [2.75, 3.05) is 6.54 Å². The summed E-state index contributed by atoms with van der Waals surface area (Å²) >= 11 is 0. The molecule has 18 heavy (non-hydrogen) atoms. The second-order valence-electron chi connectivity index (χ2n) is 4.45. The number of sulfonamides is 1. The molecule has 0 amide bonds. The van der Waals surface area contributed by atoms with E-state index in [0.29, 0.717) is 0 Å². The van der Waals surface area contributed by atoms with E-state index in [9.17, 15) is 8.42 Å². The number of nitrogens with one attached hydrogen (secondary N) is 2. The Morgan fingerprint density at radius 1 is 1.56 bits per heavy atom. The van der Waals surface area contributed by atoms with Crippen molar-refractivity contribution in [1.29, 1.82) is 5.41 Å². The third-order valence-electron chi connectivity index (χ3n) is 3.14. The zero-order valence-electron chi connectivity index (χ0n) is 9.96. The maximum Gasteiger partial charge on any atom is 0.246 e. The summed E-state index contributed by atoms with van der Waals surface area (Å²) in [5.41, 5.74) is 5.36. The van der Waals surface area contributed by atoms with Crippen molar-refractivity contribution in [1.82, 2.24) is 14.5 Å². The Labute approximate surface area is 106 Å². The van der Waals surface area contributed by atoms with Gasteiger partial charge < -0.3 is 5.73 Å². The van der Waals surface area contributed by atoms with E-state index in [1.165, 1.54) is 16.7 Å². The highest BCUT2D eigenvalue weighted by Crippen LogP contribution is 2.27. The number of H-pyrrole nitrogens is 1. The average Bonchev–Trinajstić information content (AvgIpc) is 2.98. The molecule has 0 saturated heterocycles. The lowest BCUT2D eigenvalue weighted by Crippen LogP contribution is -2.43. The smallest absolute Gasteiger partial charge is 0.246 e. The first-order valence-corrected chi connectivity index (χ1v) is 7.29. The molecule has 0 aromatic carbocycles. The van der Waals surface area contributed by atoms with Crippen LogP contribution in [-0.2, 0) is 10.0 Å². The number of hydrogen-bond acceptors (Lipinski definition) is 4. The quantitative estimate of drug-likeness (QED) is 0.526. The molecule has 2 rings (SSSR count). The summed E-state index contributed by atoms with van der Waals surface area (Å²) in [6, 6.07) is -0.0613. The molecule has 0 bridgehead atoms. The maximum atomic E-state index is 12.4. The van der Waals surface area contributed by atoms with Crippen LogP contribution < -0.4 is 5.73 Å². The summed E-state index contributed by atoms with van der Waals surface area (Å²) in [7, 11) is -3.62. The van der Waals surface area contributed by atoms with Crippen molar-refractivity contribution in [3.8, 4) is 0 Å². The van der Waals surface area contributed by atoms with Crippen LogP contribution in [0.2, 0.25) is 0 Å². The largest absolute Gasteiger partial charge is 0.387 e. The van der Waals surface area contributed by atoms with Gasteiger partial charge in [0, 0.05) is 12.2 Å². The van der Waals surface area contributed by atoms with E-state index >= 15 is 0 Å². The number of hydrogen-bond donors (Lipinski definition) is 3. The van der Waals surface area contributed by atoms with Crippen LogP contribution in [0.5, 0.6) is 0 Å². The third-order valence-corrected chi connectivity index (χ3v) is 5.00. The van der Waals surface area contributed by atoms with Gasteiger partial charge in [-0.1, -0.05) is 12.8 Å². The molecule has 4 N–H and O–H groups in total. The van der Waals surface area contributed by atoms with Gasteiger partial charge in [-0.25, -0.2) is 8.42 Å². The summed E-state index contributed by atoms with van der Waals surface area (Å²) in [5, 5.41) is 13.5. The first kappa shape index (κ1) is 13.0. The summed E-state index contributed by atoms with van der Waals surface area (Å²) in [5.74, 6) is -0.144. The zero-order chi connectivity index (χ0) is 13.2. The number of amidine groups is 1. The molecule has 100 valence electrons. The first-order chi connectivity index (χ1) is 8.51. The number of rotatable bonds is 5. The Morgan fingerprint density at radius 2 is 2.22 bits per heavy atom. The van der Waals surface area contributed by atoms with E-state index in [0.717, 1.165) is 25.7 Å². The molecule has 0 spiro atoms. The minimum absolute atomic E-state index is 0.0574. The fourth-order valence-electron chi connectivity index (χ4n) is 2.29. The molecular weight excluding hydrogens is 254 g/mol. The third kappa shape index (κ3) is 2.54. The second kappa shape index (κ2) is 5.07. The molecule has 1 heterocycles. The van der Waals surface area contributed by atoms with Crippen LogP contribution in [0.4, 0.5) is 0 Å². The van der Waals surface area contributed by atoms with Crippen molar-refractivity contribution in [2.24, 2.45) is 5.73 Å². The maximum absolute atomic E-state index is 12.4. The fraction of sp³-hybridized carbons (Fsp3) is 0.600. The summed E-state index contributed by atoms with van der Waals surface area (Å²) in [4.78, 5) is 0.121. The van der Waals surface area contributed by atoms with E-state index in [1.807, 2.05) is 0 Å². The Hall–Kier alpha value is -1.41. The summed E-state index contributed by atoms with van der Waals surface area (Å²) in [6.45, 7) is -0.0574. The van der Waals surface area contributed by atoms with Crippen LogP contribution in [0.25, 0.3) is 0 Å². The van der Waals surface area contributed by atoms with Gasteiger partial charge >= 0.3 is 0 Å². The van der Waals surface area contributed by atoms with Crippen LogP contribution in [0, 0.1) is 5.41 Å². The van der Waals surface area contributed by atoms with Crippen LogP contribution in [0.3, 0.4) is 0 Å². The molecular formula is C10H17N5O2S. The van der Waals surface area contributed by atoms with Crippen LogP contribution in [0.1, 0.15) is 25.7 Å². The molecule has 7 nitrogen and oxygen atoms in total. The number of nitrogens with two attached hydrogens (primary N) is 1. The zero-order valence-corrected chi connectivity index (χ0v) is 10.8. The van der Waals surface area contributed by atoms with Crippen molar-refractivity contribution < 1.29 is 8.42 Å². The van der Waals surface area contributed by atoms with E-state index < -0.39 is 10.0 Å². The van der Waals surface area contributed by atoms with Crippen molar-refractivity contribution in [2.45, 2.75) is 36.6 Å². The molecule has 0 radical (unpaired) electrons. The van der Waals surface area contributed by atoms with E-state index in [2.05, 4.69) is 10.2 Å². The topological polar surface area (TPSA) is 116 Å². The SMILES string of the molecule is N=C(N)CN(C1CCCC1)S(=O)(=O)c1cn[nH]c1. The first-order valence-electron chi connectivity index (χ1n) is 5.85. The molecule has 0 aliphatic heterocycles. The minimum Gasteiger partial charge on any atom is -0.387 e. The van der Waals surface area contributed by atoms with Gasteiger partial charge in [0.05, 0.1) is 12.7 Å². The predicted octanol–water partition coefficient (Wildman–Crippen LogP) is 0.279. The lowest BCUT2D eigenvalue weighted by Gasteiger charge is -2.26. The van der Waals surface area contributed by atoms with Crippen molar-refractivity contribution in [3.63, 3.8) is 0 Å². The van der Waals surface area contributed by atoms with Crippen molar-refractivity contribution >= 4 is 15.9 Å². The highest BCUT2D eigenvalue weighted by atomic mass is 32.2. The highest BCUT2D eigenvalue weighted by molar-refractivity contribution is 7.89. The normalized spacial score (nSPS) is 17.4. The number of aromatic nitrogens is 2. The van der Waals surface area contributed by atoms with Crippen molar-refractivity contribution in [3.05, 3.63) is 12.4 Å². The number of nitrogens with zero attached hydrogens (tertiary/aromatic N) is 2. The van der Waals surface area contributed by atoms with E-state index in [-0.39, 0.29) is 23.3 Å². The lowest BCUT2D eigenvalue weighted by molar-refractivity contribution is 0.353. The van der Waals surface area contributed by atoms with Crippen LogP contribution in [-0.4, -0.2) is 41.3 Å². The van der Waals surface area contributed by atoms with Gasteiger partial charge in [-0.05, 0) is 12.8 Å². The van der Waals surface area contributed by atoms with Gasteiger partial charge in [-0.3, -0.25) is 10.5 Å². The Balaban J connectivity index is 2.30. The van der Waals surface area contributed by atoms with Crippen LogP contribution in [0.15, 0.2) is 17.3 Å². The number of aromatic amines is 1. The monoisotopic (exact) mass is 271 g/mol. The Morgan fingerprint density at radius 3 is 2.72 bits per heavy atom. The van der Waals surface area contributed by atoms with Gasteiger partial charge in [0.15, 0.2) is 0 Å². The average molecular weight is 271 g/mol. The molecule has 1 aliphatic rings. The summed E-state index contributed by atoms with van der Waals surface area (Å²) < 4.78 is 26.2. The van der Waals surface area contributed by atoms with E-state index in [4.69, 9.17) is 11.1 Å². The molecule has 1 saturated carbocycles. The predicted molar refractivity (Wildman–Crippen MR) is 66.6 cm³/mol. The van der Waals surface area contributed by atoms with Gasteiger partial charge in [-0.2, -0.15) is 9.40 Å². The second-order valence-corrected chi connectivity index (χ2v) is 6.34. The molecule has 1 fully saturated rings. The standard InChI is InChI=1S/C10H17N5O2S/c11-10(12)7-15(8-3-1-2-4-8)18(16,17)9-5-13-14-6-9/h5-6,8H,1-4,7H2,(H3,11,12)(H,13,14). The van der Waals surface area contributed by atoms with Gasteiger partial charge in [0.2, 0.25) is 10.0 Å². The van der Waals surface area contributed by atoms with Crippen LogP contribution >= 0.6 is 0 Å². The molecule has 0 unspecified atom stereocenters. The molecule has 1 aromatic rings. The highest BCUT2D eigenvalue weighted by Gasteiger charge is 2.34. The van der Waals surface area contributed by atoms with E-state index in [1.54, 1.807) is 0 Å². The Kier molecular flexibility index (Phi) is 3.67. The molecule has 0 atom stereocenters. The van der Waals surface area contributed by atoms with Gasteiger partial charge in [0.1, 0.15) is 10.7 Å². The van der Waals surface area contributed by atoms with Gasteiger partial charge in [-0.15, -0.1) is 0 Å². The minimum atomic E-state index is -3.62. The molecule has 1 aliphatic carbocycles. The molecule has 8 heteroatoms. The summed E-state index contributed by atoms with van der Waals surface area (Å²) in [6.07, 6.45) is 6.30. The van der Waals surface area contributed by atoms with Gasteiger partial charge in [0.25, 0.3) is 0 Å². The molecule has 1 aromatic heterocycles. The lowest BCUT2D eigenvalue weighted by atomic mass is 10.2. The Bertz CT molecular complexity index is 504. The fourth-order valence-corrected chi connectivity index (χ4v) is 3.86.